The number of ketones is 1. The van der Waals surface area contributed by atoms with Crippen LogP contribution in [0.25, 0.3) is 0 Å². The highest BCUT2D eigenvalue weighted by Crippen LogP contribution is 2.65. The van der Waals surface area contributed by atoms with Gasteiger partial charge in [-0.05, 0) is 74.0 Å². The Morgan fingerprint density at radius 1 is 1.09 bits per heavy atom. The predicted octanol–water partition coefficient (Wildman–Crippen LogP) is 2.93. The van der Waals surface area contributed by atoms with Gasteiger partial charge in [0.1, 0.15) is 5.78 Å². The molecule has 0 aliphatic heterocycles. The van der Waals surface area contributed by atoms with E-state index in [0.717, 1.165) is 38.5 Å². The molecule has 8 atom stereocenters. The molecule has 0 aromatic rings. The van der Waals surface area contributed by atoms with Gasteiger partial charge in [-0.3, -0.25) is 4.79 Å². The highest BCUT2D eigenvalue weighted by molar-refractivity contribution is 5.87. The van der Waals surface area contributed by atoms with E-state index in [-0.39, 0.29) is 23.0 Å². The van der Waals surface area contributed by atoms with E-state index < -0.39 is 0 Å². The molecule has 4 saturated carbocycles. The van der Waals surface area contributed by atoms with Crippen LogP contribution in [0.1, 0.15) is 65.2 Å². The molecule has 0 bridgehead atoms. The predicted molar refractivity (Wildman–Crippen MR) is 84.1 cm³/mol. The number of Topliss-reactive ketones (excluding diaryl/α,β-unsaturated/α-hetero) is 1. The lowest BCUT2D eigenvalue weighted by Gasteiger charge is -2.61. The maximum atomic E-state index is 12.4. The molecular weight excluding hydrogens is 276 g/mol. The number of hydrogen-bond donors (Lipinski definition) is 2. The molecule has 0 saturated heterocycles. The number of fused-ring (bicyclic) bond motifs is 5. The van der Waals surface area contributed by atoms with E-state index in [0.29, 0.717) is 35.9 Å². The summed E-state index contributed by atoms with van der Waals surface area (Å²) in [4.78, 5) is 12.4. The molecule has 2 N–H and O–H groups in total. The van der Waals surface area contributed by atoms with Crippen molar-refractivity contribution in [1.29, 1.82) is 0 Å². The van der Waals surface area contributed by atoms with Crippen molar-refractivity contribution in [3.63, 3.8) is 0 Å². The van der Waals surface area contributed by atoms with E-state index in [1.165, 1.54) is 6.42 Å². The van der Waals surface area contributed by atoms with Crippen LogP contribution in [0.5, 0.6) is 0 Å². The van der Waals surface area contributed by atoms with Crippen LogP contribution in [-0.4, -0.2) is 28.2 Å². The normalized spacial score (nSPS) is 57.9. The monoisotopic (exact) mass is 306 g/mol. The highest BCUT2D eigenvalue weighted by atomic mass is 16.3. The van der Waals surface area contributed by atoms with Gasteiger partial charge in [-0.25, -0.2) is 0 Å². The molecule has 4 rings (SSSR count). The zero-order valence-corrected chi connectivity index (χ0v) is 13.9. The van der Waals surface area contributed by atoms with Gasteiger partial charge in [0.15, 0.2) is 0 Å². The van der Waals surface area contributed by atoms with Crippen LogP contribution in [0.15, 0.2) is 0 Å². The van der Waals surface area contributed by atoms with Crippen molar-refractivity contribution in [1.82, 2.24) is 0 Å². The first-order valence-corrected chi connectivity index (χ1v) is 9.25. The van der Waals surface area contributed by atoms with Crippen LogP contribution in [0.2, 0.25) is 0 Å². The summed E-state index contributed by atoms with van der Waals surface area (Å²) >= 11 is 0. The van der Waals surface area contributed by atoms with Gasteiger partial charge < -0.3 is 10.2 Å². The van der Waals surface area contributed by atoms with E-state index in [4.69, 9.17) is 0 Å². The molecule has 0 aromatic heterocycles. The summed E-state index contributed by atoms with van der Waals surface area (Å²) in [7, 11) is 0. The molecule has 124 valence electrons. The van der Waals surface area contributed by atoms with Crippen LogP contribution in [0.4, 0.5) is 0 Å². The second kappa shape index (κ2) is 4.80. The summed E-state index contributed by atoms with van der Waals surface area (Å²) < 4.78 is 0. The Hall–Kier alpha value is -0.410. The lowest BCUT2D eigenvalue weighted by molar-refractivity contribution is -0.175. The lowest BCUT2D eigenvalue weighted by Crippen LogP contribution is -2.59. The molecular formula is C19H30O3. The number of aliphatic hydroxyl groups excluding tert-OH is 2. The first-order chi connectivity index (χ1) is 10.4. The van der Waals surface area contributed by atoms with Crippen molar-refractivity contribution >= 4 is 5.78 Å². The van der Waals surface area contributed by atoms with E-state index in [9.17, 15) is 15.0 Å². The number of aliphatic hydroxyl groups is 2. The van der Waals surface area contributed by atoms with E-state index in [1.54, 1.807) is 0 Å². The number of carbonyl (C=O) groups excluding carboxylic acids is 1. The number of hydrogen-bond acceptors (Lipinski definition) is 3. The van der Waals surface area contributed by atoms with E-state index >= 15 is 0 Å². The summed E-state index contributed by atoms with van der Waals surface area (Å²) in [6.07, 6.45) is 7.08. The quantitative estimate of drug-likeness (QED) is 0.723. The van der Waals surface area contributed by atoms with Crippen LogP contribution >= 0.6 is 0 Å². The molecule has 4 aliphatic rings. The molecule has 0 aromatic carbocycles. The number of rotatable bonds is 0. The molecule has 0 heterocycles. The maximum Gasteiger partial charge on any atom is 0.139 e. The first-order valence-electron chi connectivity index (χ1n) is 9.25. The van der Waals surface area contributed by atoms with Crippen LogP contribution in [0, 0.1) is 34.5 Å². The smallest absolute Gasteiger partial charge is 0.139 e. The summed E-state index contributed by atoms with van der Waals surface area (Å²) in [5.41, 5.74) is -0.105. The van der Waals surface area contributed by atoms with Crippen LogP contribution < -0.4 is 0 Å². The molecule has 3 heteroatoms. The molecule has 0 radical (unpaired) electrons. The van der Waals surface area contributed by atoms with Gasteiger partial charge in [-0.15, -0.1) is 0 Å². The van der Waals surface area contributed by atoms with Gasteiger partial charge in [-0.2, -0.15) is 0 Å². The van der Waals surface area contributed by atoms with Crippen molar-refractivity contribution in [3.8, 4) is 0 Å². The van der Waals surface area contributed by atoms with Gasteiger partial charge in [-0.1, -0.05) is 13.8 Å². The summed E-state index contributed by atoms with van der Waals surface area (Å²) in [5, 5.41) is 21.0. The van der Waals surface area contributed by atoms with Crippen LogP contribution in [0.3, 0.4) is 0 Å². The molecule has 22 heavy (non-hydrogen) atoms. The third kappa shape index (κ3) is 1.84. The zero-order chi connectivity index (χ0) is 15.7. The van der Waals surface area contributed by atoms with Gasteiger partial charge in [0.2, 0.25) is 0 Å². The summed E-state index contributed by atoms with van der Waals surface area (Å²) in [6, 6.07) is 0. The molecule has 4 fully saturated rings. The van der Waals surface area contributed by atoms with Gasteiger partial charge in [0.05, 0.1) is 12.2 Å². The largest absolute Gasteiger partial charge is 0.393 e. The molecule has 0 spiro atoms. The minimum atomic E-state index is -0.337. The fraction of sp³-hybridized carbons (Fsp3) is 0.947. The van der Waals surface area contributed by atoms with Crippen LogP contribution in [-0.2, 0) is 4.79 Å². The Kier molecular flexibility index (Phi) is 3.30. The molecule has 0 amide bonds. The first kappa shape index (κ1) is 15.1. The Bertz CT molecular complexity index is 489. The molecule has 3 nitrogen and oxygen atoms in total. The fourth-order valence-electron chi connectivity index (χ4n) is 7.13. The Morgan fingerprint density at radius 2 is 1.86 bits per heavy atom. The lowest BCUT2D eigenvalue weighted by atomic mass is 9.44. The van der Waals surface area contributed by atoms with Gasteiger partial charge in [0, 0.05) is 11.8 Å². The summed E-state index contributed by atoms with van der Waals surface area (Å²) in [6.45, 7) is 4.48. The third-order valence-electron chi connectivity index (χ3n) is 8.28. The van der Waals surface area contributed by atoms with Gasteiger partial charge in [0.25, 0.3) is 0 Å². The SMILES string of the molecule is C[C@]12CC[C@H](O)C[C@@H]1CC[C@@H]1[C@@H]2[C@@H](O)C[C@]2(C)C(=O)CC[C@@H]12. The third-order valence-corrected chi connectivity index (χ3v) is 8.28. The average molecular weight is 306 g/mol. The number of carbonyl (C=O) groups is 1. The van der Waals surface area contributed by atoms with Crippen molar-refractivity contribution < 1.29 is 15.0 Å². The molecule has 0 unspecified atom stereocenters. The van der Waals surface area contributed by atoms with Crippen molar-refractivity contribution in [2.45, 2.75) is 77.4 Å². The standard InChI is InChI=1S/C19H30O3/c1-18-8-7-12(20)9-11(18)3-4-13-14-5-6-16(22)19(14,2)10-15(21)17(13)18/h11-15,17,20-21H,3-10H2,1-2H3/t11-,12-,13-,14-,15-,17+,18-,19-/m0/s1. The Labute approximate surface area is 133 Å². The van der Waals surface area contributed by atoms with Crippen molar-refractivity contribution in [2.24, 2.45) is 34.5 Å². The van der Waals surface area contributed by atoms with E-state index in [2.05, 4.69) is 13.8 Å². The van der Waals surface area contributed by atoms with Crippen molar-refractivity contribution in [2.75, 3.05) is 0 Å². The Morgan fingerprint density at radius 3 is 2.64 bits per heavy atom. The van der Waals surface area contributed by atoms with Gasteiger partial charge >= 0.3 is 0 Å². The van der Waals surface area contributed by atoms with Crippen molar-refractivity contribution in [3.05, 3.63) is 0 Å². The zero-order valence-electron chi connectivity index (χ0n) is 13.9. The minimum Gasteiger partial charge on any atom is -0.393 e. The summed E-state index contributed by atoms with van der Waals surface area (Å²) in [5.74, 6) is 2.27. The fourth-order valence-corrected chi connectivity index (χ4v) is 7.13. The second-order valence-corrected chi connectivity index (χ2v) is 9.16. The second-order valence-electron chi connectivity index (χ2n) is 9.16. The van der Waals surface area contributed by atoms with E-state index in [1.807, 2.05) is 0 Å². The average Bonchev–Trinajstić information content (AvgIpc) is 2.75. The maximum absolute atomic E-state index is 12.4. The minimum absolute atomic E-state index is 0.145. The molecule has 4 aliphatic carbocycles. The Balaban J connectivity index is 1.69. The topological polar surface area (TPSA) is 57.5 Å². The highest BCUT2D eigenvalue weighted by Gasteiger charge is 2.63.